The Morgan fingerprint density at radius 1 is 0.403 bits per heavy atom. The zero-order chi connectivity index (χ0) is 56.3. The molecule has 450 valence electrons. The van der Waals surface area contributed by atoms with E-state index in [4.69, 9.17) is 18.5 Å². The summed E-state index contributed by atoms with van der Waals surface area (Å²) in [5, 5.41) is 0. The molecule has 0 aromatic heterocycles. The van der Waals surface area contributed by atoms with Crippen molar-refractivity contribution in [2.45, 2.75) is 309 Å². The van der Waals surface area contributed by atoms with Crippen LogP contribution in [0.3, 0.4) is 0 Å². The smallest absolute Gasteiger partial charge is 0.306 e. The first-order chi connectivity index (χ1) is 37.5. The summed E-state index contributed by atoms with van der Waals surface area (Å²) >= 11 is 0. The molecule has 10 heteroatoms. The van der Waals surface area contributed by atoms with Crippen LogP contribution in [0.4, 0.5) is 0 Å². The van der Waals surface area contributed by atoms with E-state index in [0.29, 0.717) is 23.9 Å². The summed E-state index contributed by atoms with van der Waals surface area (Å²) in [5.74, 6) is -0.840. The topological polar surface area (TPSA) is 111 Å². The summed E-state index contributed by atoms with van der Waals surface area (Å²) in [6.07, 6.45) is 76.0. The van der Waals surface area contributed by atoms with Gasteiger partial charge >= 0.3 is 11.9 Å². The highest BCUT2D eigenvalue weighted by Gasteiger charge is 2.22. The highest BCUT2D eigenvalue weighted by Crippen LogP contribution is 2.38. The number of unbranched alkanes of at least 4 members (excludes halogenated alkanes) is 36. The highest BCUT2D eigenvalue weighted by atomic mass is 31.2. The van der Waals surface area contributed by atoms with Crippen LogP contribution in [0.1, 0.15) is 303 Å². The number of phosphoric ester groups is 1. The van der Waals surface area contributed by atoms with Crippen LogP contribution < -0.4 is 4.89 Å². The van der Waals surface area contributed by atoms with Crippen molar-refractivity contribution in [2.24, 2.45) is 0 Å². The number of carbonyl (C=O) groups is 2. The summed E-state index contributed by atoms with van der Waals surface area (Å²) in [7, 11) is 1.17. The molecule has 9 nitrogen and oxygen atoms in total. The zero-order valence-electron chi connectivity index (χ0n) is 51.2. The first-order valence-electron chi connectivity index (χ1n) is 32.5. The fraction of sp³-hybridized carbons (Fsp3) is 0.821. The lowest BCUT2D eigenvalue weighted by Gasteiger charge is -2.28. The van der Waals surface area contributed by atoms with Crippen molar-refractivity contribution in [3.05, 3.63) is 60.8 Å². The van der Waals surface area contributed by atoms with Crippen molar-refractivity contribution in [2.75, 3.05) is 47.5 Å². The van der Waals surface area contributed by atoms with Gasteiger partial charge in [-0.05, 0) is 77.0 Å². The molecule has 0 saturated carbocycles. The SMILES string of the molecule is CCCC/C=C\C/C=C\CCCCCCCC(=O)OCC(COP(=O)([O-])OCC[N+](C)(C)C)OC(=O)CCCCCCCCCCCCCCCCCCCCCCCCCC/C=C\C/C=C\C/C=C\CCCCCCC. The number of phosphoric acid groups is 1. The average molecular weight is 1100 g/mol. The number of rotatable bonds is 60. The van der Waals surface area contributed by atoms with Gasteiger partial charge in [0.15, 0.2) is 6.10 Å². The molecule has 0 aliphatic heterocycles. The van der Waals surface area contributed by atoms with Crippen LogP contribution in [0.25, 0.3) is 0 Å². The molecule has 0 radical (unpaired) electrons. The van der Waals surface area contributed by atoms with Crippen LogP contribution in [0.15, 0.2) is 60.8 Å². The molecule has 77 heavy (non-hydrogen) atoms. The first kappa shape index (κ1) is 74.7. The normalized spacial score (nSPS) is 13.6. The first-order valence-corrected chi connectivity index (χ1v) is 34.0. The second kappa shape index (κ2) is 58.4. The Bertz CT molecular complexity index is 1480. The monoisotopic (exact) mass is 1100 g/mol. The van der Waals surface area contributed by atoms with E-state index in [0.717, 1.165) is 77.0 Å². The van der Waals surface area contributed by atoms with E-state index in [1.807, 2.05) is 21.1 Å². The number of allylic oxidation sites excluding steroid dienone is 10. The second-order valence-electron chi connectivity index (χ2n) is 23.1. The van der Waals surface area contributed by atoms with Crippen LogP contribution in [-0.2, 0) is 32.7 Å². The van der Waals surface area contributed by atoms with Crippen LogP contribution in [0.5, 0.6) is 0 Å². The maximum Gasteiger partial charge on any atom is 0.306 e. The molecule has 0 amide bonds. The van der Waals surface area contributed by atoms with Gasteiger partial charge in [-0.1, -0.05) is 274 Å². The third-order valence-electron chi connectivity index (χ3n) is 14.3. The lowest BCUT2D eigenvalue weighted by molar-refractivity contribution is -0.870. The summed E-state index contributed by atoms with van der Waals surface area (Å²) in [4.78, 5) is 37.8. The Labute approximate surface area is 476 Å². The lowest BCUT2D eigenvalue weighted by atomic mass is 10.0. The third-order valence-corrected chi connectivity index (χ3v) is 15.2. The summed E-state index contributed by atoms with van der Waals surface area (Å²) in [6, 6.07) is 0. The van der Waals surface area contributed by atoms with E-state index >= 15 is 0 Å². The number of hydrogen-bond acceptors (Lipinski definition) is 8. The Morgan fingerprint density at radius 3 is 1.08 bits per heavy atom. The number of quaternary nitrogens is 1. The van der Waals surface area contributed by atoms with Gasteiger partial charge in [0, 0.05) is 12.8 Å². The maximum atomic E-state index is 12.8. The van der Waals surface area contributed by atoms with Gasteiger partial charge in [0.05, 0.1) is 27.7 Å². The van der Waals surface area contributed by atoms with Gasteiger partial charge in [0.25, 0.3) is 7.82 Å². The molecule has 0 aromatic rings. The van der Waals surface area contributed by atoms with Gasteiger partial charge in [-0.15, -0.1) is 0 Å². The van der Waals surface area contributed by atoms with E-state index in [-0.39, 0.29) is 26.1 Å². The number of esters is 2. The maximum absolute atomic E-state index is 12.8. The fourth-order valence-electron chi connectivity index (χ4n) is 9.21. The summed E-state index contributed by atoms with van der Waals surface area (Å²) in [5.41, 5.74) is 0. The summed E-state index contributed by atoms with van der Waals surface area (Å²) < 4.78 is 34.1. The predicted molar refractivity (Wildman–Crippen MR) is 328 cm³/mol. The van der Waals surface area contributed by atoms with Crippen molar-refractivity contribution in [3.63, 3.8) is 0 Å². The molecule has 0 rings (SSSR count). The van der Waals surface area contributed by atoms with Crippen LogP contribution in [0.2, 0.25) is 0 Å². The minimum atomic E-state index is -4.64. The van der Waals surface area contributed by atoms with Gasteiger partial charge < -0.3 is 27.9 Å². The van der Waals surface area contributed by atoms with E-state index < -0.39 is 32.5 Å². The number of carbonyl (C=O) groups excluding carboxylic acids is 2. The Balaban J connectivity index is 3.90. The van der Waals surface area contributed by atoms with Crippen LogP contribution in [-0.4, -0.2) is 70.0 Å². The van der Waals surface area contributed by atoms with Gasteiger partial charge in [0.1, 0.15) is 19.8 Å². The Morgan fingerprint density at radius 2 is 0.714 bits per heavy atom. The highest BCUT2D eigenvalue weighted by molar-refractivity contribution is 7.45. The molecule has 0 heterocycles. The van der Waals surface area contributed by atoms with Gasteiger partial charge in [0.2, 0.25) is 0 Å². The van der Waals surface area contributed by atoms with Gasteiger partial charge in [-0.3, -0.25) is 14.2 Å². The zero-order valence-corrected chi connectivity index (χ0v) is 52.1. The standard InChI is InChI=1S/C67H124NO8P/c1-6-8-10-12-14-16-18-20-22-23-24-25-26-27-28-29-30-31-32-33-34-35-36-37-38-39-40-41-42-43-44-45-46-48-50-52-54-56-58-60-67(70)76-65(64-75-77(71,72)74-62-61-68(3,4)5)63-73-66(69)59-57-55-53-51-49-47-21-19-17-15-13-11-9-7-2/h13,15,18-21,23-24,26-27,65H,6-12,14,16-17,22,25,28-64H2,1-5H3/b15-13-,20-18-,21-19-,24-23-,27-26-. The van der Waals surface area contributed by atoms with Crippen LogP contribution in [0, 0.1) is 0 Å². The van der Waals surface area contributed by atoms with Gasteiger partial charge in [-0.2, -0.15) is 0 Å². The number of hydrogen-bond donors (Lipinski definition) is 0. The third kappa shape index (κ3) is 62.8. The summed E-state index contributed by atoms with van der Waals surface area (Å²) in [6.45, 7) is 4.19. The van der Waals surface area contributed by atoms with Crippen molar-refractivity contribution in [3.8, 4) is 0 Å². The van der Waals surface area contributed by atoms with Gasteiger partial charge in [-0.25, -0.2) is 0 Å². The molecule has 0 aliphatic carbocycles. The number of nitrogens with zero attached hydrogens (tertiary/aromatic N) is 1. The molecule has 0 aromatic carbocycles. The van der Waals surface area contributed by atoms with E-state index in [1.165, 1.54) is 186 Å². The average Bonchev–Trinajstić information content (AvgIpc) is 3.39. The lowest BCUT2D eigenvalue weighted by Crippen LogP contribution is -2.37. The van der Waals surface area contributed by atoms with Crippen molar-refractivity contribution in [1.82, 2.24) is 0 Å². The molecule has 0 saturated heterocycles. The number of likely N-dealkylation sites (N-methyl/N-ethyl adjacent to an activating group) is 1. The van der Waals surface area contributed by atoms with E-state index in [9.17, 15) is 19.0 Å². The Hall–Kier alpha value is -2.29. The molecule has 0 fully saturated rings. The molecule has 0 N–H and O–H groups in total. The molecule has 0 bridgehead atoms. The van der Waals surface area contributed by atoms with Crippen molar-refractivity contribution < 1.29 is 42.1 Å². The molecular weight excluding hydrogens is 978 g/mol. The quantitative estimate of drug-likeness (QED) is 0.0195. The fourth-order valence-corrected chi connectivity index (χ4v) is 9.94. The predicted octanol–water partition coefficient (Wildman–Crippen LogP) is 20.0. The Kier molecular flexibility index (Phi) is 56.6. The second-order valence-corrected chi connectivity index (χ2v) is 24.5. The van der Waals surface area contributed by atoms with Crippen LogP contribution >= 0.6 is 7.82 Å². The van der Waals surface area contributed by atoms with E-state index in [1.54, 1.807) is 0 Å². The molecule has 2 unspecified atom stereocenters. The van der Waals surface area contributed by atoms with E-state index in [2.05, 4.69) is 74.6 Å². The largest absolute Gasteiger partial charge is 0.756 e. The number of ether oxygens (including phenoxy) is 2. The van der Waals surface area contributed by atoms with Crippen molar-refractivity contribution >= 4 is 19.8 Å². The minimum Gasteiger partial charge on any atom is -0.756 e. The molecule has 0 aliphatic rings. The molecule has 0 spiro atoms. The molecule has 2 atom stereocenters. The molecular formula is C67H124NO8P. The van der Waals surface area contributed by atoms with Crippen molar-refractivity contribution in [1.29, 1.82) is 0 Å². The minimum absolute atomic E-state index is 0.0328.